The second kappa shape index (κ2) is 7.06. The van der Waals surface area contributed by atoms with Crippen LogP contribution < -0.4 is 5.32 Å². The van der Waals surface area contributed by atoms with Crippen molar-refractivity contribution in [3.63, 3.8) is 0 Å². The van der Waals surface area contributed by atoms with E-state index in [4.69, 9.17) is 16.7 Å². The molecule has 1 aromatic rings. The van der Waals surface area contributed by atoms with Gasteiger partial charge in [-0.05, 0) is 19.3 Å². The summed E-state index contributed by atoms with van der Waals surface area (Å²) in [6.07, 6.45) is 0.690. The molecule has 0 bridgehead atoms. The lowest BCUT2D eigenvalue weighted by atomic mass is 10.0. The Morgan fingerprint density at radius 2 is 1.84 bits per heavy atom. The molecule has 19 heavy (non-hydrogen) atoms. The Balaban J connectivity index is 3.04. The molecule has 1 aromatic heterocycles. The van der Waals surface area contributed by atoms with E-state index in [2.05, 4.69) is 29.1 Å². The number of anilines is 1. The lowest BCUT2D eigenvalue weighted by Gasteiger charge is -2.23. The zero-order valence-corrected chi connectivity index (χ0v) is 13.1. The van der Waals surface area contributed by atoms with Gasteiger partial charge in [0.25, 0.3) is 0 Å². The van der Waals surface area contributed by atoms with Crippen LogP contribution in [-0.2, 0) is 0 Å². The molecule has 1 rings (SSSR count). The van der Waals surface area contributed by atoms with Crippen LogP contribution in [0.25, 0.3) is 0 Å². The molecule has 0 spiro atoms. The molecule has 0 saturated heterocycles. The normalized spacial score (nSPS) is 13.1. The third kappa shape index (κ3) is 4.32. The van der Waals surface area contributed by atoms with Crippen molar-refractivity contribution in [2.45, 2.75) is 53.0 Å². The standard InChI is InChI=1S/C14H24ClN3O/c1-8(2)11(6-7-19)16-14-10(5)12(15)17-13(18-14)9(3)4/h8-9,11,19H,6-7H2,1-5H3,(H,16,17,18). The van der Waals surface area contributed by atoms with Gasteiger partial charge in [-0.3, -0.25) is 0 Å². The Hall–Kier alpha value is -0.870. The molecule has 0 fully saturated rings. The summed E-state index contributed by atoms with van der Waals surface area (Å²) < 4.78 is 0. The fraction of sp³-hybridized carbons (Fsp3) is 0.714. The van der Waals surface area contributed by atoms with E-state index in [1.165, 1.54) is 0 Å². The average Bonchev–Trinajstić information content (AvgIpc) is 2.33. The zero-order chi connectivity index (χ0) is 14.6. The predicted molar refractivity (Wildman–Crippen MR) is 79.8 cm³/mol. The van der Waals surface area contributed by atoms with E-state index < -0.39 is 0 Å². The van der Waals surface area contributed by atoms with Crippen molar-refractivity contribution in [1.29, 1.82) is 0 Å². The molecule has 1 heterocycles. The number of aliphatic hydroxyl groups excluding tert-OH is 1. The summed E-state index contributed by atoms with van der Waals surface area (Å²) in [5, 5.41) is 13.0. The lowest BCUT2D eigenvalue weighted by Crippen LogP contribution is -2.28. The molecular formula is C14H24ClN3O. The third-order valence-electron chi connectivity index (χ3n) is 3.19. The first kappa shape index (κ1) is 16.2. The van der Waals surface area contributed by atoms with Crippen molar-refractivity contribution in [3.8, 4) is 0 Å². The van der Waals surface area contributed by atoms with E-state index in [0.29, 0.717) is 17.5 Å². The van der Waals surface area contributed by atoms with Crippen LogP contribution in [0.1, 0.15) is 51.4 Å². The van der Waals surface area contributed by atoms with Crippen molar-refractivity contribution >= 4 is 17.4 Å². The molecule has 1 unspecified atom stereocenters. The minimum atomic E-state index is 0.157. The van der Waals surface area contributed by atoms with E-state index in [-0.39, 0.29) is 18.6 Å². The number of nitrogens with zero attached hydrogens (tertiary/aromatic N) is 2. The molecular weight excluding hydrogens is 262 g/mol. The first-order valence-corrected chi connectivity index (χ1v) is 7.16. The Morgan fingerprint density at radius 3 is 2.32 bits per heavy atom. The van der Waals surface area contributed by atoms with Gasteiger partial charge >= 0.3 is 0 Å². The minimum absolute atomic E-state index is 0.157. The second-order valence-corrected chi connectivity index (χ2v) is 5.87. The van der Waals surface area contributed by atoms with Gasteiger partial charge in [0, 0.05) is 24.1 Å². The molecule has 0 aliphatic heterocycles. The van der Waals surface area contributed by atoms with Gasteiger partial charge in [-0.15, -0.1) is 0 Å². The molecule has 2 N–H and O–H groups in total. The van der Waals surface area contributed by atoms with Crippen LogP contribution in [0.15, 0.2) is 0 Å². The summed E-state index contributed by atoms with van der Waals surface area (Å²) in [4.78, 5) is 8.84. The van der Waals surface area contributed by atoms with E-state index >= 15 is 0 Å². The van der Waals surface area contributed by atoms with Gasteiger partial charge in [0.05, 0.1) is 0 Å². The van der Waals surface area contributed by atoms with Crippen molar-refractivity contribution < 1.29 is 5.11 Å². The van der Waals surface area contributed by atoms with Crippen LogP contribution >= 0.6 is 11.6 Å². The van der Waals surface area contributed by atoms with Gasteiger partial charge < -0.3 is 10.4 Å². The summed E-state index contributed by atoms with van der Waals surface area (Å²) in [7, 11) is 0. The molecule has 0 amide bonds. The average molecular weight is 286 g/mol. The van der Waals surface area contributed by atoms with Gasteiger partial charge in [-0.2, -0.15) is 0 Å². The van der Waals surface area contributed by atoms with Crippen LogP contribution in [0.2, 0.25) is 5.15 Å². The summed E-state index contributed by atoms with van der Waals surface area (Å²) in [5.74, 6) is 2.15. The number of rotatable bonds is 6. The highest BCUT2D eigenvalue weighted by molar-refractivity contribution is 6.30. The Kier molecular flexibility index (Phi) is 6.01. The number of hydrogen-bond donors (Lipinski definition) is 2. The Bertz CT molecular complexity index is 421. The van der Waals surface area contributed by atoms with Crippen molar-refractivity contribution in [1.82, 2.24) is 9.97 Å². The number of aliphatic hydroxyl groups is 1. The largest absolute Gasteiger partial charge is 0.396 e. The monoisotopic (exact) mass is 285 g/mol. The first-order chi connectivity index (χ1) is 8.86. The summed E-state index contributed by atoms with van der Waals surface area (Å²) in [5.41, 5.74) is 0.856. The zero-order valence-electron chi connectivity index (χ0n) is 12.4. The fourth-order valence-electron chi connectivity index (χ4n) is 1.79. The highest BCUT2D eigenvalue weighted by Crippen LogP contribution is 2.24. The molecule has 0 aromatic carbocycles. The van der Waals surface area contributed by atoms with Crippen LogP contribution in [0, 0.1) is 12.8 Å². The SMILES string of the molecule is Cc1c(Cl)nc(C(C)C)nc1NC(CCO)C(C)C. The number of hydrogen-bond acceptors (Lipinski definition) is 4. The van der Waals surface area contributed by atoms with E-state index in [1.807, 2.05) is 20.8 Å². The van der Waals surface area contributed by atoms with Crippen LogP contribution in [-0.4, -0.2) is 27.7 Å². The predicted octanol–water partition coefficient (Wildman–Crippen LogP) is 3.38. The van der Waals surface area contributed by atoms with Gasteiger partial charge in [0.2, 0.25) is 0 Å². The molecule has 0 saturated carbocycles. The van der Waals surface area contributed by atoms with E-state index in [0.717, 1.165) is 17.2 Å². The second-order valence-electron chi connectivity index (χ2n) is 5.51. The maximum atomic E-state index is 9.13. The van der Waals surface area contributed by atoms with Crippen LogP contribution in [0.3, 0.4) is 0 Å². The van der Waals surface area contributed by atoms with Gasteiger partial charge in [0.1, 0.15) is 16.8 Å². The maximum absolute atomic E-state index is 9.13. The van der Waals surface area contributed by atoms with Crippen molar-refractivity contribution in [2.24, 2.45) is 5.92 Å². The highest BCUT2D eigenvalue weighted by Gasteiger charge is 2.17. The van der Waals surface area contributed by atoms with Gasteiger partial charge in [0.15, 0.2) is 0 Å². The highest BCUT2D eigenvalue weighted by atomic mass is 35.5. The van der Waals surface area contributed by atoms with Gasteiger partial charge in [-0.1, -0.05) is 39.3 Å². The molecule has 0 aliphatic carbocycles. The van der Waals surface area contributed by atoms with Crippen LogP contribution in [0.5, 0.6) is 0 Å². The van der Waals surface area contributed by atoms with E-state index in [9.17, 15) is 0 Å². The molecule has 0 aliphatic rings. The number of nitrogens with one attached hydrogen (secondary N) is 1. The Morgan fingerprint density at radius 1 is 1.21 bits per heavy atom. The Labute approximate surface area is 120 Å². The van der Waals surface area contributed by atoms with Crippen LogP contribution in [0.4, 0.5) is 5.82 Å². The fourth-order valence-corrected chi connectivity index (χ4v) is 1.97. The molecule has 4 nitrogen and oxygen atoms in total. The number of aromatic nitrogens is 2. The summed E-state index contributed by atoms with van der Waals surface area (Å²) >= 11 is 6.16. The maximum Gasteiger partial charge on any atom is 0.137 e. The first-order valence-electron chi connectivity index (χ1n) is 6.78. The number of halogens is 1. The summed E-state index contributed by atoms with van der Waals surface area (Å²) in [6, 6.07) is 0.176. The van der Waals surface area contributed by atoms with Crippen molar-refractivity contribution in [2.75, 3.05) is 11.9 Å². The molecule has 5 heteroatoms. The third-order valence-corrected chi connectivity index (χ3v) is 3.56. The molecule has 108 valence electrons. The molecule has 0 radical (unpaired) electrons. The quantitative estimate of drug-likeness (QED) is 0.787. The lowest BCUT2D eigenvalue weighted by molar-refractivity contribution is 0.267. The van der Waals surface area contributed by atoms with Gasteiger partial charge in [-0.25, -0.2) is 9.97 Å². The minimum Gasteiger partial charge on any atom is -0.396 e. The van der Waals surface area contributed by atoms with E-state index in [1.54, 1.807) is 0 Å². The topological polar surface area (TPSA) is 58.0 Å². The summed E-state index contributed by atoms with van der Waals surface area (Å²) in [6.45, 7) is 10.4. The smallest absolute Gasteiger partial charge is 0.137 e. The van der Waals surface area contributed by atoms with Crippen molar-refractivity contribution in [3.05, 3.63) is 16.5 Å². The molecule has 1 atom stereocenters.